The van der Waals surface area contributed by atoms with Gasteiger partial charge in [0.15, 0.2) is 9.84 Å². The van der Waals surface area contributed by atoms with Crippen LogP contribution in [0.1, 0.15) is 36.8 Å². The van der Waals surface area contributed by atoms with Gasteiger partial charge in [-0.3, -0.25) is 9.59 Å². The average molecular weight is 415 g/mol. The molecule has 1 fully saturated rings. The third kappa shape index (κ3) is 5.67. The fraction of sp³-hybridized carbons (Fsp3) is 0.364. The minimum Gasteiger partial charge on any atom is -0.352 e. The number of piperidine rings is 1. The molecule has 1 heterocycles. The minimum absolute atomic E-state index is 0.0967. The van der Waals surface area contributed by atoms with Gasteiger partial charge in [-0.15, -0.1) is 0 Å². The highest BCUT2D eigenvalue weighted by atomic mass is 32.2. The van der Waals surface area contributed by atoms with Crippen molar-refractivity contribution < 1.29 is 18.0 Å². The van der Waals surface area contributed by atoms with Gasteiger partial charge in [-0.2, -0.15) is 0 Å². The summed E-state index contributed by atoms with van der Waals surface area (Å²) < 4.78 is 24.7. The molecule has 6 nitrogen and oxygen atoms in total. The number of nitrogens with zero attached hydrogens (tertiary/aromatic N) is 1. The second-order valence-electron chi connectivity index (χ2n) is 7.33. The summed E-state index contributed by atoms with van der Waals surface area (Å²) >= 11 is 0. The topological polar surface area (TPSA) is 83.6 Å². The summed E-state index contributed by atoms with van der Waals surface area (Å²) in [6, 6.07) is 14.1. The van der Waals surface area contributed by atoms with Crippen molar-refractivity contribution in [2.24, 2.45) is 0 Å². The van der Waals surface area contributed by atoms with E-state index in [4.69, 9.17) is 0 Å². The van der Waals surface area contributed by atoms with Crippen molar-refractivity contribution in [2.75, 3.05) is 17.2 Å². The number of carbonyl (C=O) groups is 2. The first-order valence-electron chi connectivity index (χ1n) is 9.80. The summed E-state index contributed by atoms with van der Waals surface area (Å²) in [5, 5.41) is 2.77. The maximum Gasteiger partial charge on any atom is 0.226 e. The number of nitrogens with one attached hydrogen (secondary N) is 1. The Hall–Kier alpha value is -2.67. The molecular formula is C22H26N2O4S. The largest absolute Gasteiger partial charge is 0.352 e. The van der Waals surface area contributed by atoms with Crippen LogP contribution < -0.4 is 10.2 Å². The van der Waals surface area contributed by atoms with E-state index >= 15 is 0 Å². The van der Waals surface area contributed by atoms with Crippen molar-refractivity contribution >= 4 is 27.3 Å². The van der Waals surface area contributed by atoms with E-state index in [-0.39, 0.29) is 28.9 Å². The van der Waals surface area contributed by atoms with E-state index in [1.165, 1.54) is 0 Å². The van der Waals surface area contributed by atoms with Crippen molar-refractivity contribution in [2.45, 2.75) is 44.0 Å². The second kappa shape index (κ2) is 9.22. The lowest BCUT2D eigenvalue weighted by atomic mass is 10.1. The number of rotatable bonds is 7. The van der Waals surface area contributed by atoms with Crippen molar-refractivity contribution in [3.8, 4) is 0 Å². The van der Waals surface area contributed by atoms with Crippen LogP contribution >= 0.6 is 0 Å². The van der Waals surface area contributed by atoms with Crippen LogP contribution in [0.3, 0.4) is 0 Å². The maximum absolute atomic E-state index is 12.4. The lowest BCUT2D eigenvalue weighted by Gasteiger charge is -2.27. The lowest BCUT2D eigenvalue weighted by molar-refractivity contribution is -0.121. The van der Waals surface area contributed by atoms with E-state index in [0.29, 0.717) is 19.5 Å². The van der Waals surface area contributed by atoms with Crippen LogP contribution in [0.4, 0.5) is 5.69 Å². The Morgan fingerprint density at radius 3 is 2.59 bits per heavy atom. The molecular weight excluding hydrogens is 388 g/mol. The van der Waals surface area contributed by atoms with Gasteiger partial charge in [0, 0.05) is 31.6 Å². The van der Waals surface area contributed by atoms with E-state index < -0.39 is 9.84 Å². The SMILES string of the molecule is Cc1ccc(S(=O)(=O)CCC(=O)NCc2cccc(N3CCCCC3=O)c2)cc1. The number of anilines is 1. The first-order valence-corrected chi connectivity index (χ1v) is 11.5. The van der Waals surface area contributed by atoms with Crippen molar-refractivity contribution in [3.05, 3.63) is 59.7 Å². The molecule has 1 aliphatic rings. The van der Waals surface area contributed by atoms with Gasteiger partial charge >= 0.3 is 0 Å². The van der Waals surface area contributed by atoms with E-state index in [2.05, 4.69) is 5.32 Å². The van der Waals surface area contributed by atoms with Gasteiger partial charge < -0.3 is 10.2 Å². The molecule has 7 heteroatoms. The van der Waals surface area contributed by atoms with Crippen molar-refractivity contribution in [1.29, 1.82) is 0 Å². The number of hydrogen-bond donors (Lipinski definition) is 1. The van der Waals surface area contributed by atoms with Crippen LogP contribution in [0, 0.1) is 6.92 Å². The third-order valence-electron chi connectivity index (χ3n) is 5.01. The zero-order chi connectivity index (χ0) is 20.9. The number of aryl methyl sites for hydroxylation is 1. The van der Waals surface area contributed by atoms with Crippen LogP contribution in [0.2, 0.25) is 0 Å². The Balaban J connectivity index is 1.53. The molecule has 0 spiro atoms. The fourth-order valence-corrected chi connectivity index (χ4v) is 4.53. The molecule has 1 N–H and O–H groups in total. The summed E-state index contributed by atoms with van der Waals surface area (Å²) in [4.78, 5) is 26.2. The first kappa shape index (κ1) is 21.0. The summed E-state index contributed by atoms with van der Waals surface area (Å²) in [7, 11) is -3.49. The van der Waals surface area contributed by atoms with E-state index in [0.717, 1.165) is 29.7 Å². The van der Waals surface area contributed by atoms with Gasteiger partial charge in [0.1, 0.15) is 0 Å². The third-order valence-corrected chi connectivity index (χ3v) is 6.75. The van der Waals surface area contributed by atoms with Crippen molar-refractivity contribution in [1.82, 2.24) is 5.32 Å². The van der Waals surface area contributed by atoms with Gasteiger partial charge in [0.05, 0.1) is 10.6 Å². The summed E-state index contributed by atoms with van der Waals surface area (Å²) in [6.45, 7) is 2.89. The molecule has 0 unspecified atom stereocenters. The average Bonchev–Trinajstić information content (AvgIpc) is 2.72. The standard InChI is InChI=1S/C22H26N2O4S/c1-17-8-10-20(11-9-17)29(27,28)14-12-21(25)23-16-18-5-4-6-19(15-18)24-13-3-2-7-22(24)26/h4-6,8-11,15H,2-3,7,12-14,16H2,1H3,(H,23,25). The Morgan fingerprint density at radius 2 is 1.86 bits per heavy atom. The molecule has 3 rings (SSSR count). The first-order chi connectivity index (χ1) is 13.8. The zero-order valence-electron chi connectivity index (χ0n) is 16.6. The summed E-state index contributed by atoms with van der Waals surface area (Å²) in [5.41, 5.74) is 2.69. The molecule has 2 aromatic carbocycles. The van der Waals surface area contributed by atoms with Crippen LogP contribution in [0.15, 0.2) is 53.4 Å². The molecule has 0 saturated carbocycles. The lowest BCUT2D eigenvalue weighted by Crippen LogP contribution is -2.35. The molecule has 2 amide bonds. The molecule has 29 heavy (non-hydrogen) atoms. The Morgan fingerprint density at radius 1 is 1.10 bits per heavy atom. The Labute approximate surface area is 171 Å². The fourth-order valence-electron chi connectivity index (χ4n) is 3.29. The second-order valence-corrected chi connectivity index (χ2v) is 9.44. The Kier molecular flexibility index (Phi) is 6.69. The van der Waals surface area contributed by atoms with Gasteiger partial charge in [0.25, 0.3) is 0 Å². The van der Waals surface area contributed by atoms with E-state index in [1.54, 1.807) is 29.2 Å². The van der Waals surface area contributed by atoms with Crippen LogP contribution in [0.25, 0.3) is 0 Å². The molecule has 154 valence electrons. The zero-order valence-corrected chi connectivity index (χ0v) is 17.4. The normalized spacial score (nSPS) is 14.7. The molecule has 0 aromatic heterocycles. The number of benzene rings is 2. The van der Waals surface area contributed by atoms with Crippen LogP contribution in [-0.4, -0.2) is 32.5 Å². The van der Waals surface area contributed by atoms with Gasteiger partial charge in [-0.1, -0.05) is 29.8 Å². The minimum atomic E-state index is -3.49. The van der Waals surface area contributed by atoms with Gasteiger partial charge in [-0.25, -0.2) is 8.42 Å². The van der Waals surface area contributed by atoms with Crippen LogP contribution in [-0.2, 0) is 26.0 Å². The number of amides is 2. The molecule has 0 atom stereocenters. The monoisotopic (exact) mass is 414 g/mol. The highest BCUT2D eigenvalue weighted by Crippen LogP contribution is 2.22. The van der Waals surface area contributed by atoms with Gasteiger partial charge in [0.2, 0.25) is 11.8 Å². The number of hydrogen-bond acceptors (Lipinski definition) is 4. The molecule has 0 radical (unpaired) electrons. The number of carbonyl (C=O) groups excluding carboxylic acids is 2. The highest BCUT2D eigenvalue weighted by molar-refractivity contribution is 7.91. The Bertz CT molecular complexity index is 984. The molecule has 0 aliphatic carbocycles. The molecule has 1 saturated heterocycles. The quantitative estimate of drug-likeness (QED) is 0.755. The summed E-state index contributed by atoms with van der Waals surface area (Å²) in [6.07, 6.45) is 2.38. The molecule has 0 bridgehead atoms. The number of sulfone groups is 1. The molecule has 2 aromatic rings. The summed E-state index contributed by atoms with van der Waals surface area (Å²) in [5.74, 6) is -0.427. The van der Waals surface area contributed by atoms with E-state index in [1.807, 2.05) is 31.2 Å². The van der Waals surface area contributed by atoms with Crippen molar-refractivity contribution in [3.63, 3.8) is 0 Å². The van der Waals surface area contributed by atoms with Gasteiger partial charge in [-0.05, 0) is 49.6 Å². The van der Waals surface area contributed by atoms with E-state index in [9.17, 15) is 18.0 Å². The maximum atomic E-state index is 12.4. The molecule has 1 aliphatic heterocycles. The highest BCUT2D eigenvalue weighted by Gasteiger charge is 2.20. The smallest absolute Gasteiger partial charge is 0.226 e. The predicted octanol–water partition coefficient (Wildman–Crippen LogP) is 2.99. The predicted molar refractivity (Wildman–Crippen MR) is 112 cm³/mol. The van der Waals surface area contributed by atoms with Crippen LogP contribution in [0.5, 0.6) is 0 Å².